The summed E-state index contributed by atoms with van der Waals surface area (Å²) in [6.07, 6.45) is 0. The van der Waals surface area contributed by atoms with E-state index in [-0.39, 0.29) is 0 Å². The molecule has 0 saturated carbocycles. The second kappa shape index (κ2) is 15.9. The Balaban J connectivity index is 0.972. The number of nitrogens with zero attached hydrogens (tertiary/aromatic N) is 3. The van der Waals surface area contributed by atoms with Gasteiger partial charge in [-0.15, -0.1) is 0 Å². The Hall–Kier alpha value is -8.99. The summed E-state index contributed by atoms with van der Waals surface area (Å²) in [6.45, 7) is 0. The van der Waals surface area contributed by atoms with Crippen LogP contribution < -0.4 is 0 Å². The highest BCUT2D eigenvalue weighted by Crippen LogP contribution is 2.44. The highest BCUT2D eigenvalue weighted by molar-refractivity contribution is 6.29. The van der Waals surface area contributed by atoms with Crippen molar-refractivity contribution in [1.82, 2.24) is 15.0 Å². The quantitative estimate of drug-likeness (QED) is 0.150. The third-order valence-corrected chi connectivity index (χ3v) is 13.1. The zero-order valence-corrected chi connectivity index (χ0v) is 36.3. The van der Waals surface area contributed by atoms with E-state index in [1.54, 1.807) is 0 Å². The van der Waals surface area contributed by atoms with Crippen LogP contribution in [0.2, 0.25) is 0 Å². The average Bonchev–Trinajstić information content (AvgIpc) is 3.80. The van der Waals surface area contributed by atoms with Crippen molar-refractivity contribution in [2.75, 3.05) is 0 Å². The lowest BCUT2D eigenvalue weighted by atomic mass is 9.92. The minimum Gasteiger partial charge on any atom is -0.456 e. The molecular weight excluding hydrogens is 815 g/mol. The molecule has 13 aromatic rings. The van der Waals surface area contributed by atoms with Gasteiger partial charge in [0.25, 0.3) is 0 Å². The largest absolute Gasteiger partial charge is 0.456 e. The number of pyridine rings is 1. The molecule has 4 heteroatoms. The Morgan fingerprint density at radius 2 is 0.806 bits per heavy atom. The molecule has 0 aliphatic rings. The van der Waals surface area contributed by atoms with Crippen LogP contribution in [0.5, 0.6) is 0 Å². The lowest BCUT2D eigenvalue weighted by molar-refractivity contribution is 0.669. The van der Waals surface area contributed by atoms with Gasteiger partial charge in [-0.2, -0.15) is 0 Å². The van der Waals surface area contributed by atoms with Crippen molar-refractivity contribution in [3.63, 3.8) is 0 Å². The predicted molar refractivity (Wildman–Crippen MR) is 278 cm³/mol. The van der Waals surface area contributed by atoms with Crippen molar-refractivity contribution < 1.29 is 4.42 Å². The first-order chi connectivity index (χ1) is 33.2. The molecule has 3 aromatic heterocycles. The van der Waals surface area contributed by atoms with Gasteiger partial charge in [0.15, 0.2) is 5.82 Å². The number of para-hydroxylation sites is 2. The van der Waals surface area contributed by atoms with E-state index in [0.29, 0.717) is 5.82 Å². The number of benzene rings is 10. The van der Waals surface area contributed by atoms with Crippen LogP contribution in [0.1, 0.15) is 0 Å². The van der Waals surface area contributed by atoms with Gasteiger partial charge in [0, 0.05) is 54.7 Å². The molecule has 0 aliphatic heterocycles. The number of aromatic nitrogens is 3. The molecule has 67 heavy (non-hydrogen) atoms. The molecule has 0 atom stereocenters. The maximum absolute atomic E-state index is 6.44. The van der Waals surface area contributed by atoms with Gasteiger partial charge in [-0.1, -0.05) is 212 Å². The van der Waals surface area contributed by atoms with Gasteiger partial charge in [-0.3, -0.25) is 0 Å². The van der Waals surface area contributed by atoms with E-state index in [2.05, 4.69) is 218 Å². The fourth-order valence-electron chi connectivity index (χ4n) is 9.90. The smallest absolute Gasteiger partial charge is 0.160 e. The lowest BCUT2D eigenvalue weighted by Crippen LogP contribution is -1.97. The van der Waals surface area contributed by atoms with E-state index in [1.165, 1.54) is 22.1 Å². The Labute approximate surface area is 387 Å². The van der Waals surface area contributed by atoms with Gasteiger partial charge in [0.2, 0.25) is 0 Å². The van der Waals surface area contributed by atoms with Gasteiger partial charge in [-0.25, -0.2) is 15.0 Å². The van der Waals surface area contributed by atoms with Crippen molar-refractivity contribution >= 4 is 54.4 Å². The first kappa shape index (κ1) is 38.5. The van der Waals surface area contributed by atoms with Crippen molar-refractivity contribution in [3.05, 3.63) is 237 Å². The summed E-state index contributed by atoms with van der Waals surface area (Å²) >= 11 is 0. The molecule has 0 radical (unpaired) electrons. The third-order valence-electron chi connectivity index (χ3n) is 13.1. The van der Waals surface area contributed by atoms with E-state index < -0.39 is 0 Å². The summed E-state index contributed by atoms with van der Waals surface area (Å²) < 4.78 is 6.44. The van der Waals surface area contributed by atoms with Crippen LogP contribution >= 0.6 is 0 Å². The van der Waals surface area contributed by atoms with Crippen LogP contribution in [-0.2, 0) is 0 Å². The molecule has 312 valence electrons. The summed E-state index contributed by atoms with van der Waals surface area (Å²) in [4.78, 5) is 16.1. The second-order valence-corrected chi connectivity index (χ2v) is 17.0. The number of hydrogen-bond acceptors (Lipinski definition) is 4. The van der Waals surface area contributed by atoms with Crippen LogP contribution in [0.25, 0.3) is 133 Å². The van der Waals surface area contributed by atoms with E-state index in [4.69, 9.17) is 19.4 Å². The van der Waals surface area contributed by atoms with Crippen molar-refractivity contribution in [1.29, 1.82) is 0 Å². The summed E-state index contributed by atoms with van der Waals surface area (Å²) in [6, 6.07) is 83.2. The van der Waals surface area contributed by atoms with E-state index >= 15 is 0 Å². The SMILES string of the molecule is c1ccc(-c2ccc(-c3nc(-c4ccc(-c5cccc6c5nc(-c5ccccc5)c5ccc7oc8ccccc8c7c56)cc4)cc(-c4ccc(-c5ccccc5)c5ccccc45)n3)cc2)cc1. The minimum atomic E-state index is 0.670. The molecule has 0 saturated heterocycles. The first-order valence-corrected chi connectivity index (χ1v) is 22.7. The maximum Gasteiger partial charge on any atom is 0.160 e. The fourth-order valence-corrected chi connectivity index (χ4v) is 9.90. The van der Waals surface area contributed by atoms with Gasteiger partial charge in [0.1, 0.15) is 11.2 Å². The molecule has 0 spiro atoms. The number of hydrogen-bond donors (Lipinski definition) is 0. The number of rotatable bonds is 7. The van der Waals surface area contributed by atoms with Crippen LogP contribution in [0.15, 0.2) is 241 Å². The Kier molecular flexibility index (Phi) is 9.14. The minimum absolute atomic E-state index is 0.670. The van der Waals surface area contributed by atoms with Gasteiger partial charge in [-0.05, 0) is 62.9 Å². The molecule has 3 heterocycles. The summed E-state index contributed by atoms with van der Waals surface area (Å²) in [5.74, 6) is 0.670. The number of furan rings is 1. The Bertz CT molecular complexity index is 3990. The maximum atomic E-state index is 6.44. The monoisotopic (exact) mass is 853 g/mol. The average molecular weight is 854 g/mol. The zero-order valence-electron chi connectivity index (χ0n) is 36.3. The molecule has 0 amide bonds. The molecule has 0 unspecified atom stereocenters. The molecule has 0 fully saturated rings. The van der Waals surface area contributed by atoms with Gasteiger partial charge >= 0.3 is 0 Å². The van der Waals surface area contributed by atoms with Gasteiger partial charge < -0.3 is 4.42 Å². The standard InChI is InChI=1S/C63H39N3O/c1-4-15-40(16-5-1)41-27-33-46(34-28-41)63-64-55(39-56(65-63)51-36-35-47(42-17-6-2-7-18-42)49-21-10-11-22-50(49)51)44-31-29-43(30-32-44)48-24-14-25-53-59-54(61(66-62(48)53)45-19-8-3-9-20-45)37-38-58-60(59)52-23-12-13-26-57(52)67-58/h1-39H. The molecule has 0 bridgehead atoms. The highest BCUT2D eigenvalue weighted by atomic mass is 16.3. The number of fused-ring (bicyclic) bond motifs is 8. The van der Waals surface area contributed by atoms with Crippen molar-refractivity contribution in [2.24, 2.45) is 0 Å². The molecule has 10 aromatic carbocycles. The van der Waals surface area contributed by atoms with Crippen LogP contribution in [0, 0.1) is 0 Å². The molecular formula is C63H39N3O. The third kappa shape index (κ3) is 6.65. The Morgan fingerprint density at radius 1 is 0.269 bits per heavy atom. The lowest BCUT2D eigenvalue weighted by Gasteiger charge is -2.15. The van der Waals surface area contributed by atoms with E-state index in [0.717, 1.165) is 105 Å². The highest BCUT2D eigenvalue weighted by Gasteiger charge is 2.20. The van der Waals surface area contributed by atoms with Gasteiger partial charge in [0.05, 0.1) is 22.6 Å². The molecule has 13 rings (SSSR count). The van der Waals surface area contributed by atoms with Crippen LogP contribution in [-0.4, -0.2) is 15.0 Å². The summed E-state index contributed by atoms with van der Waals surface area (Å²) in [7, 11) is 0. The van der Waals surface area contributed by atoms with Crippen molar-refractivity contribution in [2.45, 2.75) is 0 Å². The zero-order chi connectivity index (χ0) is 44.3. The van der Waals surface area contributed by atoms with Crippen LogP contribution in [0.3, 0.4) is 0 Å². The first-order valence-electron chi connectivity index (χ1n) is 22.7. The fraction of sp³-hybridized carbons (Fsp3) is 0. The van der Waals surface area contributed by atoms with E-state index in [1.807, 2.05) is 18.2 Å². The molecule has 0 aliphatic carbocycles. The second-order valence-electron chi connectivity index (χ2n) is 17.0. The topological polar surface area (TPSA) is 51.8 Å². The molecule has 0 N–H and O–H groups in total. The normalized spacial score (nSPS) is 11.6. The van der Waals surface area contributed by atoms with Crippen LogP contribution in [0.4, 0.5) is 0 Å². The van der Waals surface area contributed by atoms with E-state index in [9.17, 15) is 0 Å². The Morgan fingerprint density at radius 3 is 1.55 bits per heavy atom. The summed E-state index contributed by atoms with van der Waals surface area (Å²) in [5, 5.41) is 7.85. The molecule has 4 nitrogen and oxygen atoms in total. The predicted octanol–water partition coefficient (Wildman–Crippen LogP) is 16.9. The summed E-state index contributed by atoms with van der Waals surface area (Å²) in [5.41, 5.74) is 16.2. The van der Waals surface area contributed by atoms with Crippen molar-refractivity contribution in [3.8, 4) is 78.5 Å².